The van der Waals surface area contributed by atoms with Crippen LogP contribution in [0.4, 0.5) is 0 Å². The molecule has 0 spiro atoms. The van der Waals surface area contributed by atoms with E-state index in [4.69, 9.17) is 0 Å². The molecule has 1 unspecified atom stereocenters. The highest BCUT2D eigenvalue weighted by Gasteiger charge is 2.38. The number of carbonyl (C=O) groups is 2. The Hall–Kier alpha value is -1.10. The van der Waals surface area contributed by atoms with E-state index in [0.29, 0.717) is 6.42 Å². The molecule has 1 heterocycles. The number of nitrogens with zero attached hydrogens (tertiary/aromatic N) is 2. The van der Waals surface area contributed by atoms with Crippen LogP contribution in [-0.2, 0) is 9.59 Å². The fourth-order valence-corrected chi connectivity index (χ4v) is 2.70. The first-order valence-electron chi connectivity index (χ1n) is 7.41. The van der Waals surface area contributed by atoms with E-state index in [1.54, 1.807) is 19.0 Å². The number of piperidine rings is 1. The van der Waals surface area contributed by atoms with Crippen molar-refractivity contribution in [2.45, 2.75) is 39.5 Å². The molecule has 1 aliphatic rings. The zero-order valence-corrected chi connectivity index (χ0v) is 13.2. The minimum absolute atomic E-state index is 0.157. The molecule has 0 bridgehead atoms. The molecule has 1 rings (SSSR count). The molecule has 1 aliphatic heterocycles. The number of hydrogen-bond donors (Lipinski definition) is 1. The van der Waals surface area contributed by atoms with E-state index in [2.05, 4.69) is 4.90 Å². The first-order chi connectivity index (χ1) is 9.25. The van der Waals surface area contributed by atoms with Crippen LogP contribution in [0.1, 0.15) is 39.5 Å². The van der Waals surface area contributed by atoms with Crippen LogP contribution in [0.15, 0.2) is 0 Å². The number of hydrogen-bond acceptors (Lipinski definition) is 3. The molecule has 1 N–H and O–H groups in total. The van der Waals surface area contributed by atoms with E-state index < -0.39 is 11.4 Å². The lowest BCUT2D eigenvalue weighted by atomic mass is 9.74. The Morgan fingerprint density at radius 2 is 2.00 bits per heavy atom. The van der Waals surface area contributed by atoms with Gasteiger partial charge in [-0.25, -0.2) is 0 Å². The summed E-state index contributed by atoms with van der Waals surface area (Å²) >= 11 is 0. The molecule has 1 amide bonds. The van der Waals surface area contributed by atoms with Crippen molar-refractivity contribution in [1.29, 1.82) is 0 Å². The van der Waals surface area contributed by atoms with Crippen molar-refractivity contribution >= 4 is 11.9 Å². The van der Waals surface area contributed by atoms with E-state index in [1.165, 1.54) is 0 Å². The van der Waals surface area contributed by atoms with Gasteiger partial charge in [-0.1, -0.05) is 0 Å². The number of carbonyl (C=O) groups excluding carboxylic acids is 1. The number of carboxylic acid groups (broad SMARTS) is 1. The molecule has 0 aliphatic carbocycles. The second-order valence-electron chi connectivity index (χ2n) is 6.56. The van der Waals surface area contributed by atoms with Crippen LogP contribution in [0.2, 0.25) is 0 Å². The zero-order valence-electron chi connectivity index (χ0n) is 13.2. The first-order valence-corrected chi connectivity index (χ1v) is 7.41. The molecule has 20 heavy (non-hydrogen) atoms. The van der Waals surface area contributed by atoms with Gasteiger partial charge < -0.3 is 14.9 Å². The Bertz CT molecular complexity index is 353. The Labute approximate surface area is 121 Å². The van der Waals surface area contributed by atoms with Crippen LogP contribution in [0, 0.1) is 11.3 Å². The number of carboxylic acids is 1. The highest BCUT2D eigenvalue weighted by Crippen LogP contribution is 2.34. The third-order valence-electron chi connectivity index (χ3n) is 4.44. The summed E-state index contributed by atoms with van der Waals surface area (Å²) in [6.07, 6.45) is 3.43. The maximum Gasteiger partial charge on any atom is 0.309 e. The molecule has 0 aromatic heterocycles. The van der Waals surface area contributed by atoms with E-state index in [9.17, 15) is 14.7 Å². The van der Waals surface area contributed by atoms with Gasteiger partial charge in [0.1, 0.15) is 0 Å². The quantitative estimate of drug-likeness (QED) is 0.806. The Balaban J connectivity index is 2.42. The Morgan fingerprint density at radius 3 is 2.55 bits per heavy atom. The molecule has 5 nitrogen and oxygen atoms in total. The molecule has 0 aromatic rings. The van der Waals surface area contributed by atoms with Crippen LogP contribution >= 0.6 is 0 Å². The Morgan fingerprint density at radius 1 is 1.35 bits per heavy atom. The van der Waals surface area contributed by atoms with E-state index in [1.807, 2.05) is 13.8 Å². The van der Waals surface area contributed by atoms with Gasteiger partial charge in [-0.3, -0.25) is 9.59 Å². The Kier molecular flexibility index (Phi) is 5.99. The minimum atomic E-state index is -0.716. The van der Waals surface area contributed by atoms with Crippen molar-refractivity contribution < 1.29 is 14.7 Å². The van der Waals surface area contributed by atoms with Crippen LogP contribution in [-0.4, -0.2) is 60.5 Å². The fourth-order valence-electron chi connectivity index (χ4n) is 2.70. The number of amides is 1. The summed E-state index contributed by atoms with van der Waals surface area (Å²) in [6.45, 7) is 6.36. The average Bonchev–Trinajstić information content (AvgIpc) is 2.38. The van der Waals surface area contributed by atoms with Gasteiger partial charge in [-0.2, -0.15) is 0 Å². The predicted octanol–water partition coefficient (Wildman–Crippen LogP) is 1.68. The van der Waals surface area contributed by atoms with Gasteiger partial charge in [0.2, 0.25) is 5.91 Å². The molecular formula is C15H28N2O3. The second kappa shape index (κ2) is 7.07. The van der Waals surface area contributed by atoms with Crippen molar-refractivity contribution in [1.82, 2.24) is 9.80 Å². The molecule has 1 saturated heterocycles. The SMILES string of the molecule is CN(C)C(=O)CCCN1CCCC(C(C)(C)C(=O)O)C1. The summed E-state index contributed by atoms with van der Waals surface area (Å²) in [7, 11) is 3.54. The van der Waals surface area contributed by atoms with Crippen molar-refractivity contribution in [2.24, 2.45) is 11.3 Å². The molecule has 5 heteroatoms. The summed E-state index contributed by atoms with van der Waals surface area (Å²) < 4.78 is 0. The number of aliphatic carboxylic acids is 1. The predicted molar refractivity (Wildman–Crippen MR) is 78.5 cm³/mol. The molecule has 1 fully saturated rings. The van der Waals surface area contributed by atoms with Gasteiger partial charge in [0.05, 0.1) is 5.41 Å². The van der Waals surface area contributed by atoms with Crippen molar-refractivity contribution in [3.8, 4) is 0 Å². The maximum atomic E-state index is 11.5. The van der Waals surface area contributed by atoms with Crippen LogP contribution in [0.25, 0.3) is 0 Å². The number of rotatable bonds is 6. The van der Waals surface area contributed by atoms with Gasteiger partial charge in [-0.05, 0) is 52.1 Å². The minimum Gasteiger partial charge on any atom is -0.481 e. The molecular weight excluding hydrogens is 256 g/mol. The average molecular weight is 284 g/mol. The lowest BCUT2D eigenvalue weighted by Gasteiger charge is -2.39. The van der Waals surface area contributed by atoms with Crippen LogP contribution in [0.5, 0.6) is 0 Å². The van der Waals surface area contributed by atoms with Gasteiger partial charge in [0.25, 0.3) is 0 Å². The summed E-state index contributed by atoms with van der Waals surface area (Å²) in [5.41, 5.74) is -0.669. The summed E-state index contributed by atoms with van der Waals surface area (Å²) in [5.74, 6) is -0.366. The molecule has 0 saturated carbocycles. The molecule has 116 valence electrons. The summed E-state index contributed by atoms with van der Waals surface area (Å²) in [6, 6.07) is 0. The highest BCUT2D eigenvalue weighted by molar-refractivity contribution is 5.75. The zero-order chi connectivity index (χ0) is 15.3. The first kappa shape index (κ1) is 17.0. The van der Waals surface area contributed by atoms with E-state index >= 15 is 0 Å². The van der Waals surface area contributed by atoms with Gasteiger partial charge in [0.15, 0.2) is 0 Å². The third-order valence-corrected chi connectivity index (χ3v) is 4.44. The lowest BCUT2D eigenvalue weighted by molar-refractivity contribution is -0.151. The van der Waals surface area contributed by atoms with Gasteiger partial charge in [-0.15, -0.1) is 0 Å². The van der Waals surface area contributed by atoms with Crippen molar-refractivity contribution in [2.75, 3.05) is 33.7 Å². The highest BCUT2D eigenvalue weighted by atomic mass is 16.4. The van der Waals surface area contributed by atoms with Gasteiger partial charge >= 0.3 is 5.97 Å². The molecule has 0 aromatic carbocycles. The third kappa shape index (κ3) is 4.47. The topological polar surface area (TPSA) is 60.9 Å². The molecule has 1 atom stereocenters. The summed E-state index contributed by atoms with van der Waals surface area (Å²) in [5, 5.41) is 9.32. The number of likely N-dealkylation sites (tertiary alicyclic amines) is 1. The molecule has 0 radical (unpaired) electrons. The van der Waals surface area contributed by atoms with Crippen LogP contribution in [0.3, 0.4) is 0 Å². The normalized spacial score (nSPS) is 20.7. The van der Waals surface area contributed by atoms with E-state index in [0.717, 1.165) is 38.9 Å². The van der Waals surface area contributed by atoms with Crippen LogP contribution < -0.4 is 0 Å². The maximum absolute atomic E-state index is 11.5. The van der Waals surface area contributed by atoms with Crippen molar-refractivity contribution in [3.05, 3.63) is 0 Å². The van der Waals surface area contributed by atoms with Gasteiger partial charge in [0, 0.05) is 27.1 Å². The smallest absolute Gasteiger partial charge is 0.309 e. The fraction of sp³-hybridized carbons (Fsp3) is 0.867. The lowest BCUT2D eigenvalue weighted by Crippen LogP contribution is -2.45. The van der Waals surface area contributed by atoms with Crippen molar-refractivity contribution in [3.63, 3.8) is 0 Å². The van der Waals surface area contributed by atoms with E-state index in [-0.39, 0.29) is 11.8 Å². The summed E-state index contributed by atoms with van der Waals surface area (Å²) in [4.78, 5) is 26.8. The standard InChI is InChI=1S/C15H28N2O3/c1-15(2,14(19)20)12-7-5-9-17(11-12)10-6-8-13(18)16(3)4/h12H,5-11H2,1-4H3,(H,19,20). The second-order valence-corrected chi connectivity index (χ2v) is 6.56. The monoisotopic (exact) mass is 284 g/mol. The largest absolute Gasteiger partial charge is 0.481 e.